The molecule has 1 saturated carbocycles. The molecule has 0 radical (unpaired) electrons. The fourth-order valence-corrected chi connectivity index (χ4v) is 3.06. The van der Waals surface area contributed by atoms with Crippen molar-refractivity contribution in [3.05, 3.63) is 12.7 Å². The number of rotatable bonds is 2. The minimum Gasteiger partial charge on any atom is -0.389 e. The number of anilines is 1. The van der Waals surface area contributed by atoms with Crippen molar-refractivity contribution < 1.29 is 5.11 Å². The van der Waals surface area contributed by atoms with Gasteiger partial charge in [-0.25, -0.2) is 15.0 Å². The van der Waals surface area contributed by atoms with Crippen LogP contribution in [0, 0.1) is 0 Å². The Morgan fingerprint density at radius 2 is 2.10 bits per heavy atom. The van der Waals surface area contributed by atoms with Gasteiger partial charge in [-0.2, -0.15) is 0 Å². The SMILES string of the molecule is CN[C@H]1CCCC[C@@H](n2cnc3c(N)ncnc32)[C@@H]1O. The lowest BCUT2D eigenvalue weighted by atomic mass is 10.0. The van der Waals surface area contributed by atoms with Crippen LogP contribution in [0.5, 0.6) is 0 Å². The molecule has 1 aliphatic rings. The zero-order valence-corrected chi connectivity index (χ0v) is 11.5. The second kappa shape index (κ2) is 5.34. The maximum absolute atomic E-state index is 10.6. The minimum atomic E-state index is -0.462. The monoisotopic (exact) mass is 276 g/mol. The summed E-state index contributed by atoms with van der Waals surface area (Å²) in [5.74, 6) is 0.377. The summed E-state index contributed by atoms with van der Waals surface area (Å²) in [4.78, 5) is 12.5. The van der Waals surface area contributed by atoms with E-state index in [-0.39, 0.29) is 12.1 Å². The van der Waals surface area contributed by atoms with Crippen LogP contribution in [0.2, 0.25) is 0 Å². The number of nitrogen functional groups attached to an aromatic ring is 1. The summed E-state index contributed by atoms with van der Waals surface area (Å²) in [5.41, 5.74) is 7.11. The van der Waals surface area contributed by atoms with Crippen molar-refractivity contribution in [1.29, 1.82) is 0 Å². The minimum absolute atomic E-state index is 0.0331. The molecule has 2 aromatic heterocycles. The fourth-order valence-electron chi connectivity index (χ4n) is 3.06. The van der Waals surface area contributed by atoms with E-state index in [1.807, 2.05) is 11.6 Å². The first-order valence-corrected chi connectivity index (χ1v) is 7.00. The van der Waals surface area contributed by atoms with Gasteiger partial charge in [0.15, 0.2) is 11.5 Å². The van der Waals surface area contributed by atoms with Crippen molar-refractivity contribution in [2.24, 2.45) is 0 Å². The highest BCUT2D eigenvalue weighted by Crippen LogP contribution is 2.30. The number of aliphatic hydroxyl groups excluding tert-OH is 1. The van der Waals surface area contributed by atoms with E-state index in [0.717, 1.165) is 25.7 Å². The number of nitrogens with zero attached hydrogens (tertiary/aromatic N) is 4. The Hall–Kier alpha value is -1.73. The van der Waals surface area contributed by atoms with Crippen LogP contribution in [0.1, 0.15) is 31.7 Å². The van der Waals surface area contributed by atoms with Crippen molar-refractivity contribution in [3.63, 3.8) is 0 Å². The maximum atomic E-state index is 10.6. The predicted molar refractivity (Wildman–Crippen MR) is 76.1 cm³/mol. The van der Waals surface area contributed by atoms with Gasteiger partial charge in [-0.15, -0.1) is 0 Å². The summed E-state index contributed by atoms with van der Waals surface area (Å²) < 4.78 is 1.94. The molecule has 20 heavy (non-hydrogen) atoms. The van der Waals surface area contributed by atoms with Crippen molar-refractivity contribution in [2.75, 3.05) is 12.8 Å². The van der Waals surface area contributed by atoms with Crippen LogP contribution < -0.4 is 11.1 Å². The molecule has 2 aromatic rings. The Balaban J connectivity index is 2.02. The average molecular weight is 276 g/mol. The molecule has 1 fully saturated rings. The van der Waals surface area contributed by atoms with E-state index in [2.05, 4.69) is 20.3 Å². The lowest BCUT2D eigenvalue weighted by Crippen LogP contribution is -2.41. The fraction of sp³-hybridized carbons (Fsp3) is 0.615. The first-order chi connectivity index (χ1) is 9.72. The molecule has 0 unspecified atom stereocenters. The van der Waals surface area contributed by atoms with Gasteiger partial charge in [0.2, 0.25) is 0 Å². The highest BCUT2D eigenvalue weighted by atomic mass is 16.3. The van der Waals surface area contributed by atoms with Crippen LogP contribution in [-0.2, 0) is 0 Å². The lowest BCUT2D eigenvalue weighted by Gasteiger charge is -2.28. The molecule has 3 atom stereocenters. The molecule has 4 N–H and O–H groups in total. The van der Waals surface area contributed by atoms with E-state index in [1.54, 1.807) is 6.33 Å². The summed E-state index contributed by atoms with van der Waals surface area (Å²) in [6.07, 6.45) is 6.78. The average Bonchev–Trinajstić information content (AvgIpc) is 2.79. The Morgan fingerprint density at radius 1 is 1.30 bits per heavy atom. The molecule has 0 amide bonds. The Bertz CT molecular complexity index is 598. The summed E-state index contributed by atoms with van der Waals surface area (Å²) >= 11 is 0. The summed E-state index contributed by atoms with van der Waals surface area (Å²) in [6.45, 7) is 0. The van der Waals surface area contributed by atoms with Gasteiger partial charge >= 0.3 is 0 Å². The first-order valence-electron chi connectivity index (χ1n) is 7.00. The third kappa shape index (κ3) is 2.12. The maximum Gasteiger partial charge on any atom is 0.165 e. The van der Waals surface area contributed by atoms with Gasteiger partial charge in [-0.3, -0.25) is 0 Å². The molecular weight excluding hydrogens is 256 g/mol. The zero-order valence-electron chi connectivity index (χ0n) is 11.5. The number of aromatic nitrogens is 4. The van der Waals surface area contributed by atoms with Gasteiger partial charge in [0.05, 0.1) is 18.5 Å². The Morgan fingerprint density at radius 3 is 2.90 bits per heavy atom. The number of nitrogens with two attached hydrogens (primary N) is 1. The van der Waals surface area contributed by atoms with Crippen molar-refractivity contribution >= 4 is 17.0 Å². The highest BCUT2D eigenvalue weighted by molar-refractivity contribution is 5.81. The number of likely N-dealkylation sites (N-methyl/N-ethyl adjacent to an activating group) is 1. The number of aliphatic hydroxyl groups is 1. The normalized spacial score (nSPS) is 27.6. The van der Waals surface area contributed by atoms with Crippen LogP contribution >= 0.6 is 0 Å². The molecule has 108 valence electrons. The van der Waals surface area contributed by atoms with Crippen LogP contribution in [0.25, 0.3) is 11.2 Å². The van der Waals surface area contributed by atoms with Gasteiger partial charge < -0.3 is 20.7 Å². The molecule has 0 aliphatic heterocycles. The molecule has 3 rings (SSSR count). The quantitative estimate of drug-likeness (QED) is 0.689. The van der Waals surface area contributed by atoms with Crippen LogP contribution in [0.3, 0.4) is 0 Å². The molecular formula is C13H20N6O. The van der Waals surface area contributed by atoms with Gasteiger partial charge in [0.1, 0.15) is 11.8 Å². The molecule has 0 aromatic carbocycles. The topological polar surface area (TPSA) is 102 Å². The molecule has 0 saturated heterocycles. The summed E-state index contributed by atoms with van der Waals surface area (Å²) in [7, 11) is 1.89. The Kier molecular flexibility index (Phi) is 3.54. The van der Waals surface area contributed by atoms with Crippen molar-refractivity contribution in [3.8, 4) is 0 Å². The molecule has 7 nitrogen and oxygen atoms in total. The third-order valence-electron chi connectivity index (χ3n) is 4.19. The van der Waals surface area contributed by atoms with Gasteiger partial charge in [-0.05, 0) is 19.9 Å². The second-order valence-electron chi connectivity index (χ2n) is 5.32. The Labute approximate surface area is 117 Å². The second-order valence-corrected chi connectivity index (χ2v) is 5.32. The van der Waals surface area contributed by atoms with Gasteiger partial charge in [0, 0.05) is 6.04 Å². The van der Waals surface area contributed by atoms with Crippen molar-refractivity contribution in [1.82, 2.24) is 24.8 Å². The van der Waals surface area contributed by atoms with Crippen molar-refractivity contribution in [2.45, 2.75) is 43.9 Å². The van der Waals surface area contributed by atoms with Gasteiger partial charge in [-0.1, -0.05) is 12.8 Å². The molecule has 1 aliphatic carbocycles. The smallest absolute Gasteiger partial charge is 0.165 e. The third-order valence-corrected chi connectivity index (χ3v) is 4.19. The van der Waals surface area contributed by atoms with Crippen LogP contribution in [0.15, 0.2) is 12.7 Å². The number of fused-ring (bicyclic) bond motifs is 1. The lowest BCUT2D eigenvalue weighted by molar-refractivity contribution is 0.0792. The summed E-state index contributed by atoms with van der Waals surface area (Å²) in [5, 5.41) is 13.8. The van der Waals surface area contributed by atoms with E-state index < -0.39 is 6.10 Å². The number of nitrogens with one attached hydrogen (secondary N) is 1. The van der Waals surface area contributed by atoms with E-state index in [9.17, 15) is 5.11 Å². The van der Waals surface area contributed by atoms with Gasteiger partial charge in [0.25, 0.3) is 0 Å². The standard InChI is InChI=1S/C13H20N6O/c1-15-8-4-2-3-5-9(11(8)20)19-7-18-10-12(14)16-6-17-13(10)19/h6-9,11,15,20H,2-5H2,1H3,(H2,14,16,17)/t8-,9+,11+/m0/s1. The van der Waals surface area contributed by atoms with Crippen LogP contribution in [-0.4, -0.2) is 43.8 Å². The van der Waals surface area contributed by atoms with E-state index >= 15 is 0 Å². The zero-order chi connectivity index (χ0) is 14.1. The molecule has 2 heterocycles. The number of hydrogen-bond donors (Lipinski definition) is 3. The first kappa shape index (κ1) is 13.3. The van der Waals surface area contributed by atoms with Crippen LogP contribution in [0.4, 0.5) is 5.82 Å². The molecule has 7 heteroatoms. The van der Waals surface area contributed by atoms with E-state index in [0.29, 0.717) is 17.0 Å². The summed E-state index contributed by atoms with van der Waals surface area (Å²) in [6, 6.07) is 0.0633. The predicted octanol–water partition coefficient (Wildman–Crippen LogP) is 0.472. The number of hydrogen-bond acceptors (Lipinski definition) is 6. The molecule has 0 bridgehead atoms. The van der Waals surface area contributed by atoms with E-state index in [1.165, 1.54) is 6.33 Å². The van der Waals surface area contributed by atoms with E-state index in [4.69, 9.17) is 5.73 Å². The molecule has 0 spiro atoms. The highest BCUT2D eigenvalue weighted by Gasteiger charge is 2.31. The number of imidazole rings is 1. The largest absolute Gasteiger partial charge is 0.389 e.